The Bertz CT molecular complexity index is 725. The molecule has 0 aliphatic heterocycles. The molecule has 0 aliphatic carbocycles. The highest BCUT2D eigenvalue weighted by molar-refractivity contribution is 7.89. The first-order chi connectivity index (χ1) is 9.96. The number of nitrogens with one attached hydrogen (secondary N) is 1. The topological polar surface area (TPSA) is 82.5 Å². The summed E-state index contributed by atoms with van der Waals surface area (Å²) in [6, 6.07) is 6.17. The van der Waals surface area contributed by atoms with E-state index in [-0.39, 0.29) is 11.4 Å². The standard InChI is InChI=1S/C13H17N3O4S/c1-16-7-6-10(15-16)9-14-21(17,18)11-4-5-12(19-2)13(8-11)20-3/h4-8,14H,9H2,1-3H3. The Hall–Kier alpha value is -2.06. The molecular formula is C13H17N3O4S. The van der Waals surface area contributed by atoms with Gasteiger partial charge in [-0.15, -0.1) is 0 Å². The molecule has 1 aromatic heterocycles. The highest BCUT2D eigenvalue weighted by Crippen LogP contribution is 2.29. The van der Waals surface area contributed by atoms with E-state index in [2.05, 4.69) is 9.82 Å². The largest absolute Gasteiger partial charge is 0.493 e. The Morgan fingerprint density at radius 1 is 1.19 bits per heavy atom. The van der Waals surface area contributed by atoms with Crippen LogP contribution in [0.3, 0.4) is 0 Å². The van der Waals surface area contributed by atoms with E-state index in [9.17, 15) is 8.42 Å². The fourth-order valence-electron chi connectivity index (χ4n) is 1.79. The summed E-state index contributed by atoms with van der Waals surface area (Å²) in [4.78, 5) is 0.107. The van der Waals surface area contributed by atoms with E-state index in [0.29, 0.717) is 17.2 Å². The van der Waals surface area contributed by atoms with Gasteiger partial charge in [0.1, 0.15) is 0 Å². The molecule has 0 saturated carbocycles. The van der Waals surface area contributed by atoms with Gasteiger partial charge in [0, 0.05) is 19.3 Å². The second kappa shape index (κ2) is 6.15. The summed E-state index contributed by atoms with van der Waals surface area (Å²) in [5.74, 6) is 0.833. The monoisotopic (exact) mass is 311 g/mol. The number of sulfonamides is 1. The summed E-state index contributed by atoms with van der Waals surface area (Å²) >= 11 is 0. The lowest BCUT2D eigenvalue weighted by Gasteiger charge is -2.10. The minimum absolute atomic E-state index is 0.107. The lowest BCUT2D eigenvalue weighted by Crippen LogP contribution is -2.23. The van der Waals surface area contributed by atoms with Crippen LogP contribution in [0.2, 0.25) is 0 Å². The first-order valence-electron chi connectivity index (χ1n) is 6.16. The number of nitrogens with zero attached hydrogens (tertiary/aromatic N) is 2. The predicted octanol–water partition coefficient (Wildman–Crippen LogP) is 0.916. The molecule has 0 amide bonds. The molecule has 2 rings (SSSR count). The van der Waals surface area contributed by atoms with Crippen molar-refractivity contribution >= 4 is 10.0 Å². The fraction of sp³-hybridized carbons (Fsp3) is 0.308. The summed E-state index contributed by atoms with van der Waals surface area (Å²) < 4.78 is 38.8. The molecule has 0 bridgehead atoms. The van der Waals surface area contributed by atoms with Crippen molar-refractivity contribution in [3.8, 4) is 11.5 Å². The Kier molecular flexibility index (Phi) is 4.49. The molecule has 2 aromatic rings. The van der Waals surface area contributed by atoms with Crippen LogP contribution in [0.25, 0.3) is 0 Å². The maximum atomic E-state index is 12.2. The summed E-state index contributed by atoms with van der Waals surface area (Å²) in [6.07, 6.45) is 1.75. The lowest BCUT2D eigenvalue weighted by atomic mass is 10.3. The van der Waals surface area contributed by atoms with Crippen LogP contribution >= 0.6 is 0 Å². The molecule has 0 spiro atoms. The highest BCUT2D eigenvalue weighted by Gasteiger charge is 2.17. The van der Waals surface area contributed by atoms with Crippen molar-refractivity contribution in [3.63, 3.8) is 0 Å². The van der Waals surface area contributed by atoms with Crippen LogP contribution in [-0.2, 0) is 23.6 Å². The number of rotatable bonds is 6. The van der Waals surface area contributed by atoms with E-state index in [1.165, 1.54) is 26.4 Å². The second-order valence-corrected chi connectivity index (χ2v) is 6.09. The van der Waals surface area contributed by atoms with Crippen LogP contribution in [0, 0.1) is 0 Å². The molecule has 1 aromatic carbocycles. The Balaban J connectivity index is 2.19. The van der Waals surface area contributed by atoms with Crippen molar-refractivity contribution < 1.29 is 17.9 Å². The van der Waals surface area contributed by atoms with Gasteiger partial charge in [0.05, 0.1) is 31.4 Å². The first kappa shape index (κ1) is 15.3. The Morgan fingerprint density at radius 3 is 2.48 bits per heavy atom. The maximum Gasteiger partial charge on any atom is 0.241 e. The minimum atomic E-state index is -3.64. The molecule has 0 saturated heterocycles. The summed E-state index contributed by atoms with van der Waals surface area (Å²) in [7, 11) is 1.07. The number of hydrogen-bond donors (Lipinski definition) is 1. The third kappa shape index (κ3) is 3.53. The van der Waals surface area contributed by atoms with Crippen molar-refractivity contribution in [2.24, 2.45) is 7.05 Å². The minimum Gasteiger partial charge on any atom is -0.493 e. The summed E-state index contributed by atoms with van der Waals surface area (Å²) in [5.41, 5.74) is 0.640. The van der Waals surface area contributed by atoms with Crippen molar-refractivity contribution in [1.29, 1.82) is 0 Å². The van der Waals surface area contributed by atoms with E-state index >= 15 is 0 Å². The van der Waals surface area contributed by atoms with Crippen LogP contribution in [-0.4, -0.2) is 32.4 Å². The average molecular weight is 311 g/mol. The van der Waals surface area contributed by atoms with Crippen LogP contribution in [0.15, 0.2) is 35.4 Å². The van der Waals surface area contributed by atoms with Gasteiger partial charge in [-0.05, 0) is 18.2 Å². The van der Waals surface area contributed by atoms with Crippen LogP contribution < -0.4 is 14.2 Å². The first-order valence-corrected chi connectivity index (χ1v) is 7.65. The normalized spacial score (nSPS) is 11.4. The molecule has 0 aliphatic rings. The number of aryl methyl sites for hydroxylation is 1. The van der Waals surface area contributed by atoms with E-state index in [0.717, 1.165) is 0 Å². The van der Waals surface area contributed by atoms with Crippen molar-refractivity contribution in [2.45, 2.75) is 11.4 Å². The SMILES string of the molecule is COc1ccc(S(=O)(=O)NCc2ccn(C)n2)cc1OC. The molecule has 0 atom stereocenters. The number of methoxy groups -OCH3 is 2. The Labute approximate surface area is 123 Å². The predicted molar refractivity (Wildman–Crippen MR) is 76.8 cm³/mol. The van der Waals surface area contributed by atoms with E-state index in [1.54, 1.807) is 30.1 Å². The Morgan fingerprint density at radius 2 is 1.90 bits per heavy atom. The van der Waals surface area contributed by atoms with E-state index < -0.39 is 10.0 Å². The number of ether oxygens (including phenoxy) is 2. The quantitative estimate of drug-likeness (QED) is 0.857. The maximum absolute atomic E-state index is 12.2. The average Bonchev–Trinajstić information content (AvgIpc) is 2.90. The number of hydrogen-bond acceptors (Lipinski definition) is 5. The molecule has 0 unspecified atom stereocenters. The highest BCUT2D eigenvalue weighted by atomic mass is 32.2. The zero-order valence-electron chi connectivity index (χ0n) is 12.0. The molecule has 21 heavy (non-hydrogen) atoms. The van der Waals surface area contributed by atoms with Crippen molar-refractivity contribution in [3.05, 3.63) is 36.2 Å². The molecule has 1 heterocycles. The van der Waals surface area contributed by atoms with Crippen molar-refractivity contribution in [1.82, 2.24) is 14.5 Å². The van der Waals surface area contributed by atoms with Crippen LogP contribution in [0.5, 0.6) is 11.5 Å². The smallest absolute Gasteiger partial charge is 0.241 e. The third-order valence-electron chi connectivity index (χ3n) is 2.88. The van der Waals surface area contributed by atoms with Gasteiger partial charge < -0.3 is 9.47 Å². The third-order valence-corrected chi connectivity index (χ3v) is 4.28. The van der Waals surface area contributed by atoms with Gasteiger partial charge in [0.25, 0.3) is 0 Å². The van der Waals surface area contributed by atoms with Gasteiger partial charge in [0.15, 0.2) is 11.5 Å². The second-order valence-electron chi connectivity index (χ2n) is 4.32. The molecule has 0 radical (unpaired) electrons. The summed E-state index contributed by atoms with van der Waals surface area (Å²) in [6.45, 7) is 0.123. The molecule has 7 nitrogen and oxygen atoms in total. The van der Waals surface area contributed by atoms with Gasteiger partial charge >= 0.3 is 0 Å². The molecule has 0 fully saturated rings. The number of benzene rings is 1. The molecule has 8 heteroatoms. The number of aromatic nitrogens is 2. The molecular weight excluding hydrogens is 294 g/mol. The molecule has 114 valence electrons. The van der Waals surface area contributed by atoms with Crippen LogP contribution in [0.1, 0.15) is 5.69 Å². The van der Waals surface area contributed by atoms with Gasteiger partial charge in [-0.1, -0.05) is 0 Å². The van der Waals surface area contributed by atoms with Gasteiger partial charge in [-0.3, -0.25) is 4.68 Å². The van der Waals surface area contributed by atoms with E-state index in [1.807, 2.05) is 0 Å². The van der Waals surface area contributed by atoms with Crippen molar-refractivity contribution in [2.75, 3.05) is 14.2 Å². The summed E-state index contributed by atoms with van der Waals surface area (Å²) in [5, 5.41) is 4.11. The van der Waals surface area contributed by atoms with Crippen LogP contribution in [0.4, 0.5) is 0 Å². The lowest BCUT2D eigenvalue weighted by molar-refractivity contribution is 0.354. The zero-order valence-corrected chi connectivity index (χ0v) is 12.8. The van der Waals surface area contributed by atoms with Gasteiger partial charge in [-0.25, -0.2) is 13.1 Å². The van der Waals surface area contributed by atoms with Gasteiger partial charge in [-0.2, -0.15) is 5.10 Å². The fourth-order valence-corrected chi connectivity index (χ4v) is 2.81. The zero-order chi connectivity index (χ0) is 15.5. The molecule has 1 N–H and O–H groups in total. The van der Waals surface area contributed by atoms with Gasteiger partial charge in [0.2, 0.25) is 10.0 Å². The van der Waals surface area contributed by atoms with E-state index in [4.69, 9.17) is 9.47 Å².